The Kier molecular flexibility index (Phi) is 4.55. The molecule has 3 rings (SSSR count). The number of carbonyl (C=O) groups is 1. The molecule has 0 unspecified atom stereocenters. The van der Waals surface area contributed by atoms with Gasteiger partial charge in [0.2, 0.25) is 5.91 Å². The van der Waals surface area contributed by atoms with Gasteiger partial charge in [0.1, 0.15) is 0 Å². The number of amides is 1. The molecule has 1 amide bonds. The van der Waals surface area contributed by atoms with E-state index in [9.17, 15) is 4.79 Å². The van der Waals surface area contributed by atoms with Gasteiger partial charge in [-0.05, 0) is 26.7 Å². The number of hydrogen-bond donors (Lipinski definition) is 1. The zero-order valence-corrected chi connectivity index (χ0v) is 13.7. The fourth-order valence-electron chi connectivity index (χ4n) is 2.60. The number of nitrogens with zero attached hydrogens (tertiary/aromatic N) is 1. The highest BCUT2D eigenvalue weighted by Gasteiger charge is 2.22. The molecule has 0 saturated carbocycles. The first-order valence-corrected chi connectivity index (χ1v) is 8.38. The second-order valence-electron chi connectivity index (χ2n) is 5.67. The third kappa shape index (κ3) is 3.36. The molecule has 1 aromatic carbocycles. The summed E-state index contributed by atoms with van der Waals surface area (Å²) in [5, 5.41) is 3.65. The monoisotopic (exact) mass is 316 g/mol. The molecule has 1 N–H and O–H groups in total. The Morgan fingerprint density at radius 3 is 2.59 bits per heavy atom. The van der Waals surface area contributed by atoms with E-state index in [1.165, 1.54) is 16.9 Å². The zero-order valence-electron chi connectivity index (χ0n) is 12.9. The Bertz CT molecular complexity index is 658. The van der Waals surface area contributed by atoms with E-state index in [1.807, 2.05) is 6.92 Å². The normalized spacial score (nSPS) is 15.7. The fourth-order valence-corrected chi connectivity index (χ4v) is 3.44. The lowest BCUT2D eigenvalue weighted by molar-refractivity contribution is -0.122. The van der Waals surface area contributed by atoms with Crippen LogP contribution in [0.3, 0.4) is 0 Å². The van der Waals surface area contributed by atoms with Gasteiger partial charge in [-0.15, -0.1) is 11.3 Å². The highest BCUT2D eigenvalue weighted by Crippen LogP contribution is 2.31. The van der Waals surface area contributed by atoms with Crippen molar-refractivity contribution in [3.8, 4) is 11.3 Å². The molecule has 5 heteroatoms. The molecule has 1 aliphatic heterocycles. The van der Waals surface area contributed by atoms with E-state index < -0.39 is 0 Å². The average molecular weight is 316 g/mol. The smallest absolute Gasteiger partial charge is 0.229 e. The summed E-state index contributed by atoms with van der Waals surface area (Å²) >= 11 is 1.53. The topological polar surface area (TPSA) is 51.2 Å². The van der Waals surface area contributed by atoms with Crippen LogP contribution in [0.4, 0.5) is 5.13 Å². The van der Waals surface area contributed by atoms with Gasteiger partial charge in [0.05, 0.1) is 5.69 Å². The molecular weight excluding hydrogens is 296 g/mol. The van der Waals surface area contributed by atoms with Gasteiger partial charge in [0.25, 0.3) is 0 Å². The minimum absolute atomic E-state index is 0.0424. The van der Waals surface area contributed by atoms with E-state index in [4.69, 9.17) is 4.74 Å². The van der Waals surface area contributed by atoms with Crippen molar-refractivity contribution in [3.05, 3.63) is 34.7 Å². The number of aryl methyl sites for hydroxylation is 2. The molecule has 1 aromatic heterocycles. The van der Waals surface area contributed by atoms with Crippen LogP contribution in [0.1, 0.15) is 23.3 Å². The molecule has 0 aliphatic carbocycles. The predicted molar refractivity (Wildman–Crippen MR) is 89.2 cm³/mol. The maximum Gasteiger partial charge on any atom is 0.229 e. The first-order chi connectivity index (χ1) is 10.6. The second-order valence-corrected chi connectivity index (χ2v) is 6.87. The van der Waals surface area contributed by atoms with Gasteiger partial charge in [0.15, 0.2) is 5.13 Å². The highest BCUT2D eigenvalue weighted by molar-refractivity contribution is 7.16. The Morgan fingerprint density at radius 1 is 1.23 bits per heavy atom. The number of carbonyl (C=O) groups excluding carboxylic acids is 1. The lowest BCUT2D eigenvalue weighted by Crippen LogP contribution is -2.28. The van der Waals surface area contributed by atoms with Crippen LogP contribution in [0.2, 0.25) is 0 Å². The van der Waals surface area contributed by atoms with Crippen LogP contribution in [-0.4, -0.2) is 24.1 Å². The molecule has 1 fully saturated rings. The van der Waals surface area contributed by atoms with Gasteiger partial charge >= 0.3 is 0 Å². The SMILES string of the molecule is Cc1ccc(-c2nc(NC(=O)C3CCOCC3)sc2C)cc1. The van der Waals surface area contributed by atoms with Crippen molar-refractivity contribution >= 4 is 22.4 Å². The lowest BCUT2D eigenvalue weighted by Gasteiger charge is -2.20. The van der Waals surface area contributed by atoms with Gasteiger partial charge in [-0.1, -0.05) is 29.8 Å². The minimum atomic E-state index is 0.0424. The van der Waals surface area contributed by atoms with E-state index >= 15 is 0 Å². The number of hydrogen-bond acceptors (Lipinski definition) is 4. The van der Waals surface area contributed by atoms with Crippen molar-refractivity contribution in [1.29, 1.82) is 0 Å². The van der Waals surface area contributed by atoms with E-state index in [2.05, 4.69) is 41.5 Å². The van der Waals surface area contributed by atoms with Crippen LogP contribution in [-0.2, 0) is 9.53 Å². The van der Waals surface area contributed by atoms with Gasteiger partial charge in [-0.25, -0.2) is 4.98 Å². The highest BCUT2D eigenvalue weighted by atomic mass is 32.1. The summed E-state index contributed by atoms with van der Waals surface area (Å²) in [6, 6.07) is 8.30. The van der Waals surface area contributed by atoms with Gasteiger partial charge in [-0.2, -0.15) is 0 Å². The molecule has 0 bridgehead atoms. The van der Waals surface area contributed by atoms with Crippen molar-refractivity contribution in [3.63, 3.8) is 0 Å². The molecule has 0 atom stereocenters. The van der Waals surface area contributed by atoms with Crippen LogP contribution in [0, 0.1) is 19.8 Å². The van der Waals surface area contributed by atoms with Gasteiger partial charge in [0, 0.05) is 29.6 Å². The summed E-state index contributed by atoms with van der Waals surface area (Å²) in [7, 11) is 0. The zero-order chi connectivity index (χ0) is 15.5. The van der Waals surface area contributed by atoms with Gasteiger partial charge in [-0.3, -0.25) is 4.79 Å². The molecule has 0 spiro atoms. The number of thiazole rings is 1. The van der Waals surface area contributed by atoms with Crippen LogP contribution in [0.5, 0.6) is 0 Å². The number of nitrogens with one attached hydrogen (secondary N) is 1. The van der Waals surface area contributed by atoms with Crippen LogP contribution < -0.4 is 5.32 Å². The van der Waals surface area contributed by atoms with Gasteiger partial charge < -0.3 is 10.1 Å². The standard InChI is InChI=1S/C17H20N2O2S/c1-11-3-5-13(6-4-11)15-12(2)22-17(18-15)19-16(20)14-7-9-21-10-8-14/h3-6,14H,7-10H2,1-2H3,(H,18,19,20). The predicted octanol–water partition coefficient (Wildman–Crippen LogP) is 3.79. The number of benzene rings is 1. The molecule has 2 aromatic rings. The number of aromatic nitrogens is 1. The molecule has 1 saturated heterocycles. The first kappa shape index (κ1) is 15.2. The third-order valence-corrected chi connectivity index (χ3v) is 4.83. The quantitative estimate of drug-likeness (QED) is 0.937. The minimum Gasteiger partial charge on any atom is -0.381 e. The van der Waals surface area contributed by atoms with E-state index in [1.54, 1.807) is 0 Å². The van der Waals surface area contributed by atoms with Crippen molar-refractivity contribution in [2.45, 2.75) is 26.7 Å². The van der Waals surface area contributed by atoms with E-state index in [-0.39, 0.29) is 11.8 Å². The van der Waals surface area contributed by atoms with E-state index in [0.717, 1.165) is 29.0 Å². The summed E-state index contributed by atoms with van der Waals surface area (Å²) in [6.07, 6.45) is 1.59. The molecule has 4 nitrogen and oxygen atoms in total. The largest absolute Gasteiger partial charge is 0.381 e. The Balaban J connectivity index is 1.74. The Labute approximate surface area is 134 Å². The maximum atomic E-state index is 12.3. The summed E-state index contributed by atoms with van der Waals surface area (Å²) in [6.45, 7) is 5.45. The lowest BCUT2D eigenvalue weighted by atomic mass is 10.00. The molecule has 0 radical (unpaired) electrons. The van der Waals surface area contributed by atoms with E-state index in [0.29, 0.717) is 18.3 Å². The fraction of sp³-hybridized carbons (Fsp3) is 0.412. The Hall–Kier alpha value is -1.72. The average Bonchev–Trinajstić information content (AvgIpc) is 2.89. The molecule has 1 aliphatic rings. The van der Waals surface area contributed by atoms with Crippen LogP contribution in [0.25, 0.3) is 11.3 Å². The Morgan fingerprint density at radius 2 is 1.91 bits per heavy atom. The number of rotatable bonds is 3. The summed E-state index contributed by atoms with van der Waals surface area (Å²) in [4.78, 5) is 18.0. The summed E-state index contributed by atoms with van der Waals surface area (Å²) in [5.74, 6) is 0.105. The summed E-state index contributed by atoms with van der Waals surface area (Å²) < 4.78 is 5.30. The van der Waals surface area contributed by atoms with Crippen LogP contribution in [0.15, 0.2) is 24.3 Å². The molecule has 2 heterocycles. The van der Waals surface area contributed by atoms with Crippen molar-refractivity contribution in [2.75, 3.05) is 18.5 Å². The van der Waals surface area contributed by atoms with Crippen LogP contribution >= 0.6 is 11.3 Å². The van der Waals surface area contributed by atoms with Crippen molar-refractivity contribution in [1.82, 2.24) is 4.98 Å². The molecule has 116 valence electrons. The second kappa shape index (κ2) is 6.58. The summed E-state index contributed by atoms with van der Waals surface area (Å²) in [5.41, 5.74) is 3.27. The first-order valence-electron chi connectivity index (χ1n) is 7.56. The number of ether oxygens (including phenoxy) is 1. The van der Waals surface area contributed by atoms with Crippen molar-refractivity contribution < 1.29 is 9.53 Å². The number of anilines is 1. The van der Waals surface area contributed by atoms with Crippen molar-refractivity contribution in [2.24, 2.45) is 5.92 Å². The molecule has 22 heavy (non-hydrogen) atoms. The third-order valence-electron chi connectivity index (χ3n) is 3.94. The molecular formula is C17H20N2O2S. The maximum absolute atomic E-state index is 12.3.